The van der Waals surface area contributed by atoms with E-state index in [2.05, 4.69) is 20.1 Å². The number of unbranched alkanes of at least 4 members (excludes halogenated alkanes) is 1. The van der Waals surface area contributed by atoms with Crippen LogP contribution in [0.5, 0.6) is 0 Å². The largest absolute Gasteiger partial charge is 0.501 e. The number of carbonyl (C=O) groups excluding carboxylic acids is 2. The minimum absolute atomic E-state index is 0.142. The highest BCUT2D eigenvalue weighted by Crippen LogP contribution is 2.09. The zero-order chi connectivity index (χ0) is 20.5. The van der Waals surface area contributed by atoms with Crippen LogP contribution in [0.15, 0.2) is 36.6 Å². The number of hydrogen-bond donors (Lipinski definition) is 2. The molecule has 26 heavy (non-hydrogen) atoms. The number of carboxylic acid groups (broad SMARTS) is 1. The van der Waals surface area contributed by atoms with Crippen LogP contribution < -0.4 is 5.73 Å². The summed E-state index contributed by atoms with van der Waals surface area (Å²) in [6, 6.07) is 0. The minimum atomic E-state index is -0.981. The van der Waals surface area contributed by atoms with E-state index in [0.717, 1.165) is 18.9 Å². The molecule has 0 spiro atoms. The topological polar surface area (TPSA) is 128 Å². The molecule has 1 saturated heterocycles. The third-order valence-corrected chi connectivity index (χ3v) is 2.59. The van der Waals surface area contributed by atoms with Crippen LogP contribution in [0.25, 0.3) is 0 Å². The standard InChI is InChI=1S/C8H15NO2.C7H10O3.C3H4O2/c1-3-4-5-11-6-7(2)8(9)10;1-5(2)7(8)10-4-6-3-9-6;1-2-3(4)5/h6H,3-5H2,1-2H3,(H2,9,10);6H,1,3-4H2,2H3;2H,1H2,(H,4,5). The van der Waals surface area contributed by atoms with E-state index in [-0.39, 0.29) is 12.1 Å². The third-order valence-electron chi connectivity index (χ3n) is 2.59. The smallest absolute Gasteiger partial charge is 0.333 e. The molecule has 0 aromatic carbocycles. The molecule has 1 atom stereocenters. The fraction of sp³-hybridized carbons (Fsp3) is 0.500. The Balaban J connectivity index is 0. The van der Waals surface area contributed by atoms with Crippen molar-refractivity contribution in [3.05, 3.63) is 36.6 Å². The number of esters is 1. The van der Waals surface area contributed by atoms with Gasteiger partial charge in [0.1, 0.15) is 12.7 Å². The number of hydrogen-bond acceptors (Lipinski definition) is 6. The van der Waals surface area contributed by atoms with E-state index >= 15 is 0 Å². The molecule has 0 aromatic rings. The molecule has 1 unspecified atom stereocenters. The summed E-state index contributed by atoms with van der Waals surface area (Å²) < 4.78 is 14.6. The first kappa shape index (κ1) is 25.6. The molecule has 1 amide bonds. The fourth-order valence-corrected chi connectivity index (χ4v) is 0.926. The summed E-state index contributed by atoms with van der Waals surface area (Å²) in [5.74, 6) is -1.75. The molecule has 3 N–H and O–H groups in total. The Morgan fingerprint density at radius 3 is 2.23 bits per heavy atom. The molecule has 0 aliphatic carbocycles. The summed E-state index contributed by atoms with van der Waals surface area (Å²) in [7, 11) is 0. The van der Waals surface area contributed by atoms with Crippen molar-refractivity contribution in [2.75, 3.05) is 19.8 Å². The van der Waals surface area contributed by atoms with Gasteiger partial charge in [0, 0.05) is 17.2 Å². The second kappa shape index (κ2) is 15.9. The molecule has 1 aliphatic heterocycles. The van der Waals surface area contributed by atoms with Crippen molar-refractivity contribution in [3.8, 4) is 0 Å². The van der Waals surface area contributed by atoms with Crippen molar-refractivity contribution in [2.24, 2.45) is 5.73 Å². The molecule has 0 aromatic heterocycles. The van der Waals surface area contributed by atoms with Crippen molar-refractivity contribution in [1.29, 1.82) is 0 Å². The maximum absolute atomic E-state index is 10.7. The summed E-state index contributed by atoms with van der Waals surface area (Å²) in [5, 5.41) is 7.60. The first-order valence-electron chi connectivity index (χ1n) is 8.03. The number of carboxylic acids is 1. The molecule has 1 aliphatic rings. The molecule has 1 rings (SSSR count). The van der Waals surface area contributed by atoms with Crippen LogP contribution >= 0.6 is 0 Å². The van der Waals surface area contributed by atoms with Crippen LogP contribution in [0.2, 0.25) is 0 Å². The van der Waals surface area contributed by atoms with Gasteiger partial charge in [-0.05, 0) is 20.3 Å². The lowest BCUT2D eigenvalue weighted by Gasteiger charge is -1.99. The Morgan fingerprint density at radius 2 is 1.88 bits per heavy atom. The van der Waals surface area contributed by atoms with E-state index in [0.29, 0.717) is 31.0 Å². The summed E-state index contributed by atoms with van der Waals surface area (Å²) in [4.78, 5) is 30.4. The van der Waals surface area contributed by atoms with E-state index in [4.69, 9.17) is 25.1 Å². The maximum atomic E-state index is 10.7. The molecule has 0 saturated carbocycles. The van der Waals surface area contributed by atoms with Gasteiger partial charge >= 0.3 is 11.9 Å². The van der Waals surface area contributed by atoms with Crippen molar-refractivity contribution in [3.63, 3.8) is 0 Å². The number of rotatable bonds is 9. The van der Waals surface area contributed by atoms with Gasteiger partial charge in [0.25, 0.3) is 0 Å². The second-order valence-electron chi connectivity index (χ2n) is 5.27. The van der Waals surface area contributed by atoms with Gasteiger partial charge in [0.2, 0.25) is 5.91 Å². The normalized spacial score (nSPS) is 14.4. The van der Waals surface area contributed by atoms with Gasteiger partial charge in [-0.15, -0.1) is 0 Å². The molecule has 8 nitrogen and oxygen atoms in total. The van der Waals surface area contributed by atoms with E-state index in [1.807, 2.05) is 0 Å². The lowest BCUT2D eigenvalue weighted by Crippen LogP contribution is -2.11. The number of primary amides is 1. The van der Waals surface area contributed by atoms with Crippen LogP contribution in [0.4, 0.5) is 0 Å². The summed E-state index contributed by atoms with van der Waals surface area (Å²) >= 11 is 0. The van der Waals surface area contributed by atoms with E-state index < -0.39 is 11.9 Å². The quantitative estimate of drug-likeness (QED) is 0.208. The van der Waals surface area contributed by atoms with Crippen molar-refractivity contribution in [2.45, 2.75) is 39.7 Å². The number of epoxide rings is 1. The zero-order valence-corrected chi connectivity index (χ0v) is 15.7. The molecule has 1 fully saturated rings. The second-order valence-corrected chi connectivity index (χ2v) is 5.27. The van der Waals surface area contributed by atoms with Crippen LogP contribution in [-0.4, -0.2) is 48.9 Å². The molecular weight excluding hydrogens is 342 g/mol. The summed E-state index contributed by atoms with van der Waals surface area (Å²) in [5.41, 5.74) is 5.85. The lowest BCUT2D eigenvalue weighted by molar-refractivity contribution is -0.139. The highest BCUT2D eigenvalue weighted by molar-refractivity contribution is 5.90. The summed E-state index contributed by atoms with van der Waals surface area (Å²) in [6.45, 7) is 13.5. The summed E-state index contributed by atoms with van der Waals surface area (Å²) in [6.07, 6.45) is 4.48. The van der Waals surface area contributed by atoms with Gasteiger partial charge in [-0.1, -0.05) is 26.5 Å². The monoisotopic (exact) mass is 371 g/mol. The predicted octanol–water partition coefficient (Wildman–Crippen LogP) is 1.95. The van der Waals surface area contributed by atoms with Crippen molar-refractivity contribution in [1.82, 2.24) is 0 Å². The van der Waals surface area contributed by atoms with Gasteiger partial charge in [-0.25, -0.2) is 9.59 Å². The van der Waals surface area contributed by atoms with Gasteiger partial charge in [-0.2, -0.15) is 0 Å². The van der Waals surface area contributed by atoms with Gasteiger partial charge < -0.3 is 25.1 Å². The van der Waals surface area contributed by atoms with E-state index in [1.54, 1.807) is 13.8 Å². The average Bonchev–Trinajstić information content (AvgIpc) is 3.41. The Labute approximate surface area is 154 Å². The maximum Gasteiger partial charge on any atom is 0.333 e. The number of amides is 1. The Kier molecular flexibility index (Phi) is 15.7. The molecule has 8 heteroatoms. The predicted molar refractivity (Wildman–Crippen MR) is 97.2 cm³/mol. The van der Waals surface area contributed by atoms with Crippen LogP contribution in [0, 0.1) is 0 Å². The SMILES string of the molecule is C=C(C)C(=O)OCC1CO1.C=CC(=O)O.CCCCOC=C(C)C(N)=O. The number of aliphatic carboxylic acids is 1. The number of nitrogens with two attached hydrogens (primary N) is 1. The highest BCUT2D eigenvalue weighted by atomic mass is 16.6. The number of ether oxygens (including phenoxy) is 3. The van der Waals surface area contributed by atoms with Crippen LogP contribution in [0.3, 0.4) is 0 Å². The van der Waals surface area contributed by atoms with Gasteiger partial charge in [-0.3, -0.25) is 4.79 Å². The zero-order valence-electron chi connectivity index (χ0n) is 15.7. The molecule has 0 radical (unpaired) electrons. The van der Waals surface area contributed by atoms with Crippen LogP contribution in [-0.2, 0) is 28.6 Å². The van der Waals surface area contributed by atoms with Crippen LogP contribution in [0.1, 0.15) is 33.6 Å². The lowest BCUT2D eigenvalue weighted by atomic mass is 10.3. The van der Waals surface area contributed by atoms with E-state index in [1.165, 1.54) is 6.26 Å². The Morgan fingerprint density at radius 1 is 1.35 bits per heavy atom. The number of carbonyl (C=O) groups is 3. The minimum Gasteiger partial charge on any atom is -0.501 e. The fourth-order valence-electron chi connectivity index (χ4n) is 0.926. The van der Waals surface area contributed by atoms with E-state index in [9.17, 15) is 14.4 Å². The van der Waals surface area contributed by atoms with Gasteiger partial charge in [0.15, 0.2) is 0 Å². The molecule has 148 valence electrons. The Bertz CT molecular complexity index is 508. The first-order chi connectivity index (χ1) is 12.1. The molecule has 0 bridgehead atoms. The first-order valence-corrected chi connectivity index (χ1v) is 8.03. The molecular formula is C18H29NO7. The third kappa shape index (κ3) is 19.4. The highest BCUT2D eigenvalue weighted by Gasteiger charge is 2.24. The van der Waals surface area contributed by atoms with Crippen molar-refractivity contribution >= 4 is 17.8 Å². The van der Waals surface area contributed by atoms with Crippen molar-refractivity contribution < 1.29 is 33.7 Å². The van der Waals surface area contributed by atoms with Gasteiger partial charge in [0.05, 0.1) is 19.5 Å². The molecule has 1 heterocycles. The average molecular weight is 371 g/mol. The Hall–Kier alpha value is -2.61.